The van der Waals surface area contributed by atoms with Gasteiger partial charge in [-0.1, -0.05) is 19.3 Å². The van der Waals surface area contributed by atoms with Crippen LogP contribution in [0.4, 0.5) is 11.5 Å². The molecule has 0 aromatic carbocycles. The van der Waals surface area contributed by atoms with Gasteiger partial charge in [-0.15, -0.1) is 0 Å². The van der Waals surface area contributed by atoms with E-state index < -0.39 is 5.54 Å². The van der Waals surface area contributed by atoms with Gasteiger partial charge in [-0.05, 0) is 25.0 Å². The number of carbonyl (C=O) groups excluding carboxylic acids is 1. The number of amides is 1. The predicted molar refractivity (Wildman–Crippen MR) is 77.2 cm³/mol. The molecule has 0 bridgehead atoms. The predicted octanol–water partition coefficient (Wildman–Crippen LogP) is 1.75. The summed E-state index contributed by atoms with van der Waals surface area (Å²) in [6, 6.07) is 3.67. The number of nitrogens with one attached hydrogen (secondary N) is 1. The second-order valence-corrected chi connectivity index (χ2v) is 5.44. The van der Waals surface area contributed by atoms with Gasteiger partial charge < -0.3 is 16.0 Å². The maximum absolute atomic E-state index is 12.4. The van der Waals surface area contributed by atoms with Crippen molar-refractivity contribution in [1.82, 2.24) is 4.98 Å². The van der Waals surface area contributed by atoms with E-state index in [2.05, 4.69) is 10.3 Å². The van der Waals surface area contributed by atoms with Gasteiger partial charge in [0.05, 0.1) is 11.2 Å². The van der Waals surface area contributed by atoms with Crippen LogP contribution < -0.4 is 16.0 Å². The maximum atomic E-state index is 12.4. The molecule has 0 aliphatic heterocycles. The van der Waals surface area contributed by atoms with E-state index in [4.69, 9.17) is 5.73 Å². The van der Waals surface area contributed by atoms with Crippen molar-refractivity contribution in [3.63, 3.8) is 0 Å². The molecule has 19 heavy (non-hydrogen) atoms. The van der Waals surface area contributed by atoms with Crippen molar-refractivity contribution in [1.29, 1.82) is 0 Å². The molecule has 1 heterocycles. The van der Waals surface area contributed by atoms with Crippen LogP contribution in [-0.4, -0.2) is 30.5 Å². The van der Waals surface area contributed by atoms with Crippen LogP contribution in [0.25, 0.3) is 0 Å². The Bertz CT molecular complexity index is 453. The summed E-state index contributed by atoms with van der Waals surface area (Å²) < 4.78 is 0. The first kappa shape index (κ1) is 13.8. The van der Waals surface area contributed by atoms with Gasteiger partial charge in [0.2, 0.25) is 5.91 Å². The summed E-state index contributed by atoms with van der Waals surface area (Å²) in [5.74, 6) is 0.651. The molecule has 2 rings (SSSR count). The minimum absolute atomic E-state index is 0.0942. The second-order valence-electron chi connectivity index (χ2n) is 5.44. The van der Waals surface area contributed by atoms with Crippen LogP contribution in [0.5, 0.6) is 0 Å². The van der Waals surface area contributed by atoms with E-state index in [1.165, 1.54) is 6.42 Å². The molecule has 0 unspecified atom stereocenters. The van der Waals surface area contributed by atoms with E-state index in [0.29, 0.717) is 5.69 Å². The molecule has 104 valence electrons. The lowest BCUT2D eigenvalue weighted by molar-refractivity contribution is -0.122. The van der Waals surface area contributed by atoms with Crippen molar-refractivity contribution in [3.8, 4) is 0 Å². The quantitative estimate of drug-likeness (QED) is 0.870. The number of hydrogen-bond donors (Lipinski definition) is 2. The van der Waals surface area contributed by atoms with Gasteiger partial charge in [0.1, 0.15) is 0 Å². The zero-order chi connectivity index (χ0) is 13.9. The summed E-state index contributed by atoms with van der Waals surface area (Å²) in [6.07, 6.45) is 6.45. The highest BCUT2D eigenvalue weighted by Crippen LogP contribution is 2.28. The molecular formula is C14H22N4O. The van der Waals surface area contributed by atoms with E-state index >= 15 is 0 Å². The van der Waals surface area contributed by atoms with Gasteiger partial charge in [-0.3, -0.25) is 4.79 Å². The summed E-state index contributed by atoms with van der Waals surface area (Å²) in [5, 5.41) is 2.93. The van der Waals surface area contributed by atoms with E-state index in [-0.39, 0.29) is 5.91 Å². The molecule has 1 amide bonds. The maximum Gasteiger partial charge on any atom is 0.244 e. The van der Waals surface area contributed by atoms with Crippen LogP contribution in [0.2, 0.25) is 0 Å². The highest BCUT2D eigenvalue weighted by Gasteiger charge is 2.35. The number of aromatic nitrogens is 1. The van der Waals surface area contributed by atoms with Gasteiger partial charge in [0, 0.05) is 20.3 Å². The summed E-state index contributed by atoms with van der Waals surface area (Å²) in [7, 11) is 3.80. The Hall–Kier alpha value is -1.62. The fraction of sp³-hybridized carbons (Fsp3) is 0.571. The lowest BCUT2D eigenvalue weighted by atomic mass is 9.82. The molecule has 0 atom stereocenters. The molecule has 1 aliphatic carbocycles. The fourth-order valence-corrected chi connectivity index (χ4v) is 2.51. The number of anilines is 2. The van der Waals surface area contributed by atoms with Crippen molar-refractivity contribution in [2.45, 2.75) is 37.6 Å². The molecule has 0 radical (unpaired) electrons. The summed E-state index contributed by atoms with van der Waals surface area (Å²) >= 11 is 0. The SMILES string of the molecule is CN(C)c1ncccc1NC(=O)C1(N)CCCCC1. The molecule has 5 nitrogen and oxygen atoms in total. The summed E-state index contributed by atoms with van der Waals surface area (Å²) in [6.45, 7) is 0. The average Bonchev–Trinajstić information content (AvgIpc) is 2.40. The Balaban J connectivity index is 2.14. The van der Waals surface area contributed by atoms with Gasteiger partial charge in [0.25, 0.3) is 0 Å². The van der Waals surface area contributed by atoms with Gasteiger partial charge in [0.15, 0.2) is 5.82 Å². The van der Waals surface area contributed by atoms with Crippen LogP contribution in [0.3, 0.4) is 0 Å². The summed E-state index contributed by atoms with van der Waals surface area (Å²) in [4.78, 5) is 18.5. The summed E-state index contributed by atoms with van der Waals surface area (Å²) in [5.41, 5.74) is 6.22. The van der Waals surface area contributed by atoms with E-state index in [1.807, 2.05) is 31.1 Å². The largest absolute Gasteiger partial charge is 0.361 e. The first-order valence-corrected chi connectivity index (χ1v) is 6.76. The van der Waals surface area contributed by atoms with Gasteiger partial charge in [-0.25, -0.2) is 4.98 Å². The highest BCUT2D eigenvalue weighted by atomic mass is 16.2. The Morgan fingerprint density at radius 2 is 2.05 bits per heavy atom. The Morgan fingerprint density at radius 3 is 2.68 bits per heavy atom. The molecular weight excluding hydrogens is 240 g/mol. The molecule has 1 aromatic heterocycles. The number of rotatable bonds is 3. The van der Waals surface area contributed by atoms with E-state index in [0.717, 1.165) is 31.5 Å². The van der Waals surface area contributed by atoms with Crippen molar-refractivity contribution in [3.05, 3.63) is 18.3 Å². The number of pyridine rings is 1. The van der Waals surface area contributed by atoms with Crippen molar-refractivity contribution < 1.29 is 4.79 Å². The molecule has 0 saturated heterocycles. The smallest absolute Gasteiger partial charge is 0.244 e. The number of carbonyl (C=O) groups is 1. The third kappa shape index (κ3) is 3.04. The lowest BCUT2D eigenvalue weighted by Crippen LogP contribution is -2.52. The first-order chi connectivity index (χ1) is 9.03. The third-order valence-corrected chi connectivity index (χ3v) is 3.66. The fourth-order valence-electron chi connectivity index (χ4n) is 2.51. The number of hydrogen-bond acceptors (Lipinski definition) is 4. The van der Waals surface area contributed by atoms with Crippen LogP contribution in [0.15, 0.2) is 18.3 Å². The molecule has 1 fully saturated rings. The zero-order valence-corrected chi connectivity index (χ0v) is 11.6. The van der Waals surface area contributed by atoms with Crippen molar-refractivity contribution >= 4 is 17.4 Å². The van der Waals surface area contributed by atoms with Crippen LogP contribution in [-0.2, 0) is 4.79 Å². The van der Waals surface area contributed by atoms with Crippen molar-refractivity contribution in [2.24, 2.45) is 5.73 Å². The number of nitrogens with zero attached hydrogens (tertiary/aromatic N) is 2. The first-order valence-electron chi connectivity index (χ1n) is 6.76. The molecule has 1 aliphatic rings. The Kier molecular flexibility index (Phi) is 4.04. The average molecular weight is 262 g/mol. The monoisotopic (exact) mass is 262 g/mol. The van der Waals surface area contributed by atoms with Crippen LogP contribution >= 0.6 is 0 Å². The molecule has 1 aromatic rings. The van der Waals surface area contributed by atoms with Crippen molar-refractivity contribution in [2.75, 3.05) is 24.3 Å². The highest BCUT2D eigenvalue weighted by molar-refractivity contribution is 5.99. The molecule has 1 saturated carbocycles. The van der Waals surface area contributed by atoms with Gasteiger partial charge in [-0.2, -0.15) is 0 Å². The standard InChI is InChI=1S/C14H22N4O/c1-18(2)12-11(7-6-10-16-12)17-13(19)14(15)8-4-3-5-9-14/h6-7,10H,3-5,8-9,15H2,1-2H3,(H,17,19). The van der Waals surface area contributed by atoms with Gasteiger partial charge >= 0.3 is 0 Å². The molecule has 5 heteroatoms. The topological polar surface area (TPSA) is 71.2 Å². The Labute approximate surface area is 114 Å². The second kappa shape index (κ2) is 5.57. The van der Waals surface area contributed by atoms with Crippen LogP contribution in [0, 0.1) is 0 Å². The van der Waals surface area contributed by atoms with Crippen LogP contribution in [0.1, 0.15) is 32.1 Å². The van der Waals surface area contributed by atoms with E-state index in [9.17, 15) is 4.79 Å². The zero-order valence-electron chi connectivity index (χ0n) is 11.6. The third-order valence-electron chi connectivity index (χ3n) is 3.66. The number of nitrogens with two attached hydrogens (primary N) is 1. The van der Waals surface area contributed by atoms with E-state index in [1.54, 1.807) is 6.20 Å². The Morgan fingerprint density at radius 1 is 1.37 bits per heavy atom. The molecule has 0 spiro atoms. The normalized spacial score (nSPS) is 17.8. The molecule has 3 N–H and O–H groups in total. The lowest BCUT2D eigenvalue weighted by Gasteiger charge is -2.32. The minimum Gasteiger partial charge on any atom is -0.361 e. The minimum atomic E-state index is -0.725.